The molecule has 0 unspecified atom stereocenters. The largest absolute Gasteiger partial charge is 0.481 e. The van der Waals surface area contributed by atoms with E-state index in [1.807, 2.05) is 42.5 Å². The lowest BCUT2D eigenvalue weighted by Crippen LogP contribution is -1.98. The SMILES string of the molecule is CC/C=C\C[C@H](O)/C=C/C=C\C/C=C\C/C=C\C=C\CCCC(=O)O. The van der Waals surface area contributed by atoms with Crippen molar-refractivity contribution in [3.63, 3.8) is 0 Å². The second-order valence-corrected chi connectivity index (χ2v) is 5.58. The molecule has 0 saturated heterocycles. The molecule has 3 heteroatoms. The molecule has 0 heterocycles. The van der Waals surface area contributed by atoms with Gasteiger partial charge in [-0.05, 0) is 38.5 Å². The van der Waals surface area contributed by atoms with Gasteiger partial charge < -0.3 is 10.2 Å². The number of unbranched alkanes of at least 4 members (excludes halogenated alkanes) is 1. The first-order valence-electron chi connectivity index (χ1n) is 9.01. The van der Waals surface area contributed by atoms with E-state index in [1.54, 1.807) is 6.08 Å². The van der Waals surface area contributed by atoms with E-state index < -0.39 is 12.1 Å². The molecule has 0 aromatic rings. The number of rotatable bonds is 14. The summed E-state index contributed by atoms with van der Waals surface area (Å²) < 4.78 is 0. The zero-order valence-electron chi connectivity index (χ0n) is 15.3. The van der Waals surface area contributed by atoms with E-state index in [1.165, 1.54) is 0 Å². The van der Waals surface area contributed by atoms with Gasteiger partial charge in [0.25, 0.3) is 0 Å². The average Bonchev–Trinajstić information content (AvgIpc) is 2.58. The van der Waals surface area contributed by atoms with E-state index >= 15 is 0 Å². The highest BCUT2D eigenvalue weighted by atomic mass is 16.4. The van der Waals surface area contributed by atoms with E-state index in [-0.39, 0.29) is 6.42 Å². The summed E-state index contributed by atoms with van der Waals surface area (Å²) in [5, 5.41) is 18.2. The van der Waals surface area contributed by atoms with E-state index in [0.29, 0.717) is 12.8 Å². The van der Waals surface area contributed by atoms with E-state index in [4.69, 9.17) is 5.11 Å². The molecule has 0 fully saturated rings. The van der Waals surface area contributed by atoms with Crippen molar-refractivity contribution in [2.45, 2.75) is 58.0 Å². The number of hydrogen-bond acceptors (Lipinski definition) is 2. The second kappa shape index (κ2) is 18.2. The first kappa shape index (κ1) is 22.9. The van der Waals surface area contributed by atoms with Crippen molar-refractivity contribution in [3.8, 4) is 0 Å². The highest BCUT2D eigenvalue weighted by molar-refractivity contribution is 5.66. The Labute approximate surface area is 152 Å². The monoisotopic (exact) mass is 344 g/mol. The Bertz CT molecular complexity index is 493. The summed E-state index contributed by atoms with van der Waals surface area (Å²) >= 11 is 0. The fourth-order valence-electron chi connectivity index (χ4n) is 1.88. The smallest absolute Gasteiger partial charge is 0.303 e. The molecule has 0 bridgehead atoms. The Morgan fingerprint density at radius 3 is 2.16 bits per heavy atom. The molecule has 0 aliphatic rings. The minimum Gasteiger partial charge on any atom is -0.481 e. The normalized spacial score (nSPS) is 14.3. The average molecular weight is 344 g/mol. The van der Waals surface area contributed by atoms with Crippen LogP contribution in [0, 0.1) is 0 Å². The minimum atomic E-state index is -0.737. The van der Waals surface area contributed by atoms with Crippen LogP contribution >= 0.6 is 0 Å². The van der Waals surface area contributed by atoms with Crippen LogP contribution in [0.1, 0.15) is 51.9 Å². The molecule has 25 heavy (non-hydrogen) atoms. The van der Waals surface area contributed by atoms with Gasteiger partial charge in [-0.3, -0.25) is 4.79 Å². The molecule has 0 amide bonds. The summed E-state index contributed by atoms with van der Waals surface area (Å²) in [5.74, 6) is -0.737. The third-order valence-electron chi connectivity index (χ3n) is 3.22. The molecule has 3 nitrogen and oxygen atoms in total. The van der Waals surface area contributed by atoms with E-state index in [9.17, 15) is 9.90 Å². The third-order valence-corrected chi connectivity index (χ3v) is 3.22. The van der Waals surface area contributed by atoms with Crippen LogP contribution in [0.4, 0.5) is 0 Å². The lowest BCUT2D eigenvalue weighted by molar-refractivity contribution is -0.137. The Morgan fingerprint density at radius 2 is 1.52 bits per heavy atom. The maximum atomic E-state index is 10.3. The molecule has 138 valence electrons. The maximum absolute atomic E-state index is 10.3. The molecule has 0 rings (SSSR count). The highest BCUT2D eigenvalue weighted by Crippen LogP contribution is 1.98. The maximum Gasteiger partial charge on any atom is 0.303 e. The lowest BCUT2D eigenvalue weighted by Gasteiger charge is -1.98. The number of carbonyl (C=O) groups is 1. The molecule has 0 aromatic carbocycles. The van der Waals surface area contributed by atoms with Crippen LogP contribution in [0.5, 0.6) is 0 Å². The number of carboxylic acids is 1. The van der Waals surface area contributed by atoms with Crippen molar-refractivity contribution in [2.75, 3.05) is 0 Å². The van der Waals surface area contributed by atoms with Crippen LogP contribution in [-0.2, 0) is 4.79 Å². The summed E-state index contributed by atoms with van der Waals surface area (Å²) in [4.78, 5) is 10.3. The summed E-state index contributed by atoms with van der Waals surface area (Å²) in [6, 6.07) is 0. The van der Waals surface area contributed by atoms with Crippen LogP contribution in [0.15, 0.2) is 72.9 Å². The van der Waals surface area contributed by atoms with Gasteiger partial charge in [0.15, 0.2) is 0 Å². The number of carboxylic acid groups (broad SMARTS) is 1. The Kier molecular flexibility index (Phi) is 16.7. The Morgan fingerprint density at radius 1 is 0.880 bits per heavy atom. The van der Waals surface area contributed by atoms with Crippen LogP contribution in [-0.4, -0.2) is 22.3 Å². The van der Waals surface area contributed by atoms with Gasteiger partial charge in [0.2, 0.25) is 0 Å². The summed E-state index contributed by atoms with van der Waals surface area (Å²) in [6.45, 7) is 2.08. The third kappa shape index (κ3) is 19.8. The van der Waals surface area contributed by atoms with E-state index in [2.05, 4.69) is 31.2 Å². The van der Waals surface area contributed by atoms with Gasteiger partial charge in [-0.25, -0.2) is 0 Å². The number of aliphatic hydroxyl groups excluding tert-OH is 1. The predicted octanol–water partition coefficient (Wildman–Crippen LogP) is 5.52. The van der Waals surface area contributed by atoms with Gasteiger partial charge in [-0.1, -0.05) is 79.8 Å². The Hall–Kier alpha value is -2.13. The topological polar surface area (TPSA) is 57.5 Å². The molecular weight excluding hydrogens is 312 g/mol. The first-order chi connectivity index (χ1) is 12.2. The Balaban J connectivity index is 3.67. The summed E-state index contributed by atoms with van der Waals surface area (Å²) in [5.41, 5.74) is 0. The summed E-state index contributed by atoms with van der Waals surface area (Å²) in [6.07, 6.45) is 28.7. The van der Waals surface area contributed by atoms with E-state index in [0.717, 1.165) is 25.7 Å². The highest BCUT2D eigenvalue weighted by Gasteiger charge is 1.93. The van der Waals surface area contributed by atoms with Crippen molar-refractivity contribution < 1.29 is 15.0 Å². The molecule has 2 N–H and O–H groups in total. The molecule has 1 atom stereocenters. The van der Waals surface area contributed by atoms with Crippen molar-refractivity contribution >= 4 is 5.97 Å². The van der Waals surface area contributed by atoms with Gasteiger partial charge >= 0.3 is 5.97 Å². The molecule has 0 radical (unpaired) electrons. The number of hydrogen-bond donors (Lipinski definition) is 2. The number of aliphatic carboxylic acids is 1. The van der Waals surface area contributed by atoms with Crippen LogP contribution in [0.25, 0.3) is 0 Å². The standard InChI is InChI=1S/C22H32O3/c1-2-3-15-18-21(23)19-16-13-11-9-7-5-4-6-8-10-12-14-17-20-22(24)25/h3,5-8,10-13,15-16,19,21,23H,2,4,9,14,17-18,20H2,1H3,(H,24,25)/b7-5-,8-6-,12-10+,13-11-,15-3-,19-16+/t21-/m0/s1. The van der Waals surface area contributed by atoms with Crippen LogP contribution < -0.4 is 0 Å². The number of aliphatic hydroxyl groups is 1. The lowest BCUT2D eigenvalue weighted by atomic mass is 10.2. The second-order valence-electron chi connectivity index (χ2n) is 5.58. The van der Waals surface area contributed by atoms with Gasteiger partial charge in [-0.15, -0.1) is 0 Å². The fraction of sp³-hybridized carbons (Fsp3) is 0.409. The van der Waals surface area contributed by atoms with Crippen molar-refractivity contribution in [3.05, 3.63) is 72.9 Å². The van der Waals surface area contributed by atoms with Gasteiger partial charge in [0.05, 0.1) is 6.10 Å². The first-order valence-corrected chi connectivity index (χ1v) is 9.01. The van der Waals surface area contributed by atoms with Gasteiger partial charge in [0.1, 0.15) is 0 Å². The minimum absolute atomic E-state index is 0.231. The molecular formula is C22H32O3. The van der Waals surface area contributed by atoms with Crippen molar-refractivity contribution in [1.82, 2.24) is 0 Å². The molecule has 0 aliphatic carbocycles. The predicted molar refractivity (Wildman–Crippen MR) is 106 cm³/mol. The fourth-order valence-corrected chi connectivity index (χ4v) is 1.88. The van der Waals surface area contributed by atoms with Crippen LogP contribution in [0.2, 0.25) is 0 Å². The zero-order valence-corrected chi connectivity index (χ0v) is 15.3. The molecule has 0 aliphatic heterocycles. The molecule has 0 saturated carbocycles. The van der Waals surface area contributed by atoms with Crippen molar-refractivity contribution in [2.24, 2.45) is 0 Å². The molecule has 0 spiro atoms. The van der Waals surface area contributed by atoms with Crippen LogP contribution in [0.3, 0.4) is 0 Å². The zero-order chi connectivity index (χ0) is 18.6. The van der Waals surface area contributed by atoms with Gasteiger partial charge in [-0.2, -0.15) is 0 Å². The van der Waals surface area contributed by atoms with Gasteiger partial charge in [0, 0.05) is 6.42 Å². The quantitative estimate of drug-likeness (QED) is 0.248. The van der Waals surface area contributed by atoms with Crippen molar-refractivity contribution in [1.29, 1.82) is 0 Å². The molecule has 0 aromatic heterocycles. The number of allylic oxidation sites excluding steroid dienone is 10. The summed E-state index contributed by atoms with van der Waals surface area (Å²) in [7, 11) is 0.